The van der Waals surface area contributed by atoms with Gasteiger partial charge in [-0.3, -0.25) is 4.79 Å². The molecule has 0 aromatic carbocycles. The summed E-state index contributed by atoms with van der Waals surface area (Å²) < 4.78 is 5.13. The summed E-state index contributed by atoms with van der Waals surface area (Å²) in [6.45, 7) is 1.83. The van der Waals surface area contributed by atoms with Gasteiger partial charge in [-0.25, -0.2) is 0 Å². The zero-order chi connectivity index (χ0) is 11.1. The second kappa shape index (κ2) is 6.83. The molecule has 1 rings (SSSR count). The van der Waals surface area contributed by atoms with Crippen molar-refractivity contribution < 1.29 is 14.6 Å². The summed E-state index contributed by atoms with van der Waals surface area (Å²) in [5.41, 5.74) is 0. The van der Waals surface area contributed by atoms with Gasteiger partial charge in [-0.05, 0) is 32.6 Å². The van der Waals surface area contributed by atoms with Crippen molar-refractivity contribution in [2.24, 2.45) is 0 Å². The number of hydrogen-bond acceptors (Lipinski definition) is 3. The fourth-order valence-electron chi connectivity index (χ4n) is 1.95. The Morgan fingerprint density at radius 2 is 2.13 bits per heavy atom. The lowest BCUT2D eigenvalue weighted by Gasteiger charge is -2.08. The third kappa shape index (κ3) is 5.78. The van der Waals surface area contributed by atoms with Crippen LogP contribution in [0.1, 0.15) is 58.3 Å². The first-order chi connectivity index (χ1) is 7.18. The molecule has 0 saturated carbocycles. The van der Waals surface area contributed by atoms with E-state index in [0.29, 0.717) is 6.42 Å². The van der Waals surface area contributed by atoms with E-state index in [0.717, 1.165) is 32.1 Å². The quantitative estimate of drug-likeness (QED) is 0.523. The smallest absolute Gasteiger partial charge is 0.306 e. The zero-order valence-electron chi connectivity index (χ0n) is 9.58. The molecular weight excluding hydrogens is 192 g/mol. The maximum atomic E-state index is 10.8. The Morgan fingerprint density at radius 1 is 1.40 bits per heavy atom. The minimum Gasteiger partial charge on any atom is -0.462 e. The van der Waals surface area contributed by atoms with E-state index in [4.69, 9.17) is 9.84 Å². The van der Waals surface area contributed by atoms with Crippen molar-refractivity contribution in [3.63, 3.8) is 0 Å². The van der Waals surface area contributed by atoms with Crippen LogP contribution in [0.2, 0.25) is 0 Å². The van der Waals surface area contributed by atoms with Crippen molar-refractivity contribution in [2.45, 2.75) is 70.5 Å². The fourth-order valence-corrected chi connectivity index (χ4v) is 1.95. The van der Waals surface area contributed by atoms with Crippen molar-refractivity contribution in [1.29, 1.82) is 0 Å². The molecule has 1 fully saturated rings. The second-order valence-electron chi connectivity index (χ2n) is 4.49. The Kier molecular flexibility index (Phi) is 5.69. The van der Waals surface area contributed by atoms with Gasteiger partial charge >= 0.3 is 5.97 Å². The van der Waals surface area contributed by atoms with Crippen LogP contribution in [0.15, 0.2) is 0 Å². The van der Waals surface area contributed by atoms with Gasteiger partial charge in [0, 0.05) is 6.42 Å². The van der Waals surface area contributed by atoms with Crippen LogP contribution in [-0.4, -0.2) is 23.3 Å². The molecular formula is C12H22O3. The summed E-state index contributed by atoms with van der Waals surface area (Å²) in [5.74, 6) is -0.0332. The summed E-state index contributed by atoms with van der Waals surface area (Å²) in [7, 11) is 0. The summed E-state index contributed by atoms with van der Waals surface area (Å²) in [6, 6.07) is 0. The molecule has 0 bridgehead atoms. The van der Waals surface area contributed by atoms with Crippen molar-refractivity contribution >= 4 is 5.97 Å². The number of carbonyl (C=O) groups excluding carboxylic acids is 1. The van der Waals surface area contributed by atoms with Crippen molar-refractivity contribution in [3.8, 4) is 0 Å². The van der Waals surface area contributed by atoms with Crippen LogP contribution in [0.5, 0.6) is 0 Å². The van der Waals surface area contributed by atoms with Crippen molar-refractivity contribution in [3.05, 3.63) is 0 Å². The molecule has 0 amide bonds. The standard InChI is InChI=1S/C12H22O3/c1-10(13)6-4-2-3-5-7-11-8-9-12(14)15-11/h10-11,13H,2-9H2,1H3/t10-,11-/m1/s1. The number of cyclic esters (lactones) is 1. The molecule has 1 aliphatic rings. The Morgan fingerprint density at radius 3 is 2.73 bits per heavy atom. The lowest BCUT2D eigenvalue weighted by molar-refractivity contribution is -0.141. The molecule has 1 N–H and O–H groups in total. The molecule has 0 unspecified atom stereocenters. The average molecular weight is 214 g/mol. The van der Waals surface area contributed by atoms with Gasteiger partial charge in [0.2, 0.25) is 0 Å². The third-order valence-corrected chi connectivity index (χ3v) is 2.87. The first kappa shape index (κ1) is 12.5. The molecule has 1 saturated heterocycles. The van der Waals surface area contributed by atoms with E-state index in [1.807, 2.05) is 6.92 Å². The van der Waals surface area contributed by atoms with E-state index >= 15 is 0 Å². The number of aliphatic hydroxyl groups is 1. The van der Waals surface area contributed by atoms with Crippen LogP contribution in [0.3, 0.4) is 0 Å². The topological polar surface area (TPSA) is 46.5 Å². The summed E-state index contributed by atoms with van der Waals surface area (Å²) in [6.07, 6.45) is 8.04. The van der Waals surface area contributed by atoms with Crippen LogP contribution in [0.4, 0.5) is 0 Å². The van der Waals surface area contributed by atoms with Crippen molar-refractivity contribution in [1.82, 2.24) is 0 Å². The highest BCUT2D eigenvalue weighted by Crippen LogP contribution is 2.19. The molecule has 1 aliphatic heterocycles. The third-order valence-electron chi connectivity index (χ3n) is 2.87. The average Bonchev–Trinajstić information content (AvgIpc) is 2.57. The van der Waals surface area contributed by atoms with Crippen molar-refractivity contribution in [2.75, 3.05) is 0 Å². The van der Waals surface area contributed by atoms with Crippen LogP contribution >= 0.6 is 0 Å². The largest absolute Gasteiger partial charge is 0.462 e. The van der Waals surface area contributed by atoms with Gasteiger partial charge in [-0.2, -0.15) is 0 Å². The predicted octanol–water partition coefficient (Wildman–Crippen LogP) is 2.41. The van der Waals surface area contributed by atoms with Gasteiger partial charge in [0.15, 0.2) is 0 Å². The van der Waals surface area contributed by atoms with Crippen LogP contribution < -0.4 is 0 Å². The molecule has 0 aliphatic carbocycles. The number of unbranched alkanes of at least 4 members (excludes halogenated alkanes) is 3. The van der Waals surface area contributed by atoms with E-state index in [9.17, 15) is 4.79 Å². The highest BCUT2D eigenvalue weighted by molar-refractivity contribution is 5.71. The Bertz CT molecular complexity index is 189. The summed E-state index contributed by atoms with van der Waals surface area (Å²) >= 11 is 0. The number of esters is 1. The molecule has 0 aromatic rings. The molecule has 0 radical (unpaired) electrons. The number of rotatable bonds is 7. The summed E-state index contributed by atoms with van der Waals surface area (Å²) in [4.78, 5) is 10.8. The lowest BCUT2D eigenvalue weighted by Crippen LogP contribution is -2.06. The predicted molar refractivity (Wildman–Crippen MR) is 58.5 cm³/mol. The van der Waals surface area contributed by atoms with Gasteiger partial charge < -0.3 is 9.84 Å². The van der Waals surface area contributed by atoms with Gasteiger partial charge in [0.25, 0.3) is 0 Å². The Hall–Kier alpha value is -0.570. The van der Waals surface area contributed by atoms with E-state index in [2.05, 4.69) is 0 Å². The first-order valence-electron chi connectivity index (χ1n) is 6.06. The minimum absolute atomic E-state index is 0.0332. The first-order valence-corrected chi connectivity index (χ1v) is 6.06. The van der Waals surface area contributed by atoms with E-state index in [1.54, 1.807) is 0 Å². The molecule has 1 heterocycles. The number of aliphatic hydroxyl groups excluding tert-OH is 1. The zero-order valence-corrected chi connectivity index (χ0v) is 9.58. The second-order valence-corrected chi connectivity index (χ2v) is 4.49. The van der Waals surface area contributed by atoms with Gasteiger partial charge in [0.1, 0.15) is 6.10 Å². The molecule has 0 aromatic heterocycles. The normalized spacial score (nSPS) is 22.8. The van der Waals surface area contributed by atoms with Crippen LogP contribution in [0, 0.1) is 0 Å². The van der Waals surface area contributed by atoms with Crippen LogP contribution in [-0.2, 0) is 9.53 Å². The molecule has 3 nitrogen and oxygen atoms in total. The highest BCUT2D eigenvalue weighted by Gasteiger charge is 2.22. The molecule has 0 spiro atoms. The highest BCUT2D eigenvalue weighted by atomic mass is 16.5. The van der Waals surface area contributed by atoms with Gasteiger partial charge in [-0.15, -0.1) is 0 Å². The van der Waals surface area contributed by atoms with Gasteiger partial charge in [0.05, 0.1) is 6.10 Å². The molecule has 2 atom stereocenters. The summed E-state index contributed by atoms with van der Waals surface area (Å²) in [5, 5.41) is 9.05. The Labute approximate surface area is 91.8 Å². The Balaban J connectivity index is 1.87. The lowest BCUT2D eigenvalue weighted by atomic mass is 10.1. The maximum Gasteiger partial charge on any atom is 0.306 e. The maximum absolute atomic E-state index is 10.8. The number of hydrogen-bond donors (Lipinski definition) is 1. The fraction of sp³-hybridized carbons (Fsp3) is 0.917. The minimum atomic E-state index is -0.166. The van der Waals surface area contributed by atoms with E-state index < -0.39 is 0 Å². The molecule has 88 valence electrons. The van der Waals surface area contributed by atoms with Crippen LogP contribution in [0.25, 0.3) is 0 Å². The number of carbonyl (C=O) groups is 1. The SMILES string of the molecule is C[C@@H](O)CCCCCC[C@@H]1CCC(=O)O1. The number of ether oxygens (including phenoxy) is 1. The monoisotopic (exact) mass is 214 g/mol. The molecule has 15 heavy (non-hydrogen) atoms. The molecule has 3 heteroatoms. The van der Waals surface area contributed by atoms with E-state index in [-0.39, 0.29) is 18.2 Å². The van der Waals surface area contributed by atoms with Gasteiger partial charge in [-0.1, -0.05) is 19.3 Å². The van der Waals surface area contributed by atoms with E-state index in [1.165, 1.54) is 12.8 Å².